The molecule has 1 aliphatic rings. The lowest BCUT2D eigenvalue weighted by atomic mass is 10.1. The molecule has 0 atom stereocenters. The van der Waals surface area contributed by atoms with Crippen LogP contribution in [0.4, 0.5) is 0 Å². The number of hydrogen-bond donors (Lipinski definition) is 0. The van der Waals surface area contributed by atoms with Crippen LogP contribution < -0.4 is 4.74 Å². The van der Waals surface area contributed by atoms with Crippen LogP contribution in [0.1, 0.15) is 30.9 Å². The zero-order valence-electron chi connectivity index (χ0n) is 10.4. The van der Waals surface area contributed by atoms with Gasteiger partial charge in [0.15, 0.2) is 0 Å². The molecule has 0 fully saturated rings. The molecule has 0 spiro atoms. The van der Waals surface area contributed by atoms with Crippen LogP contribution in [0.2, 0.25) is 0 Å². The molecule has 16 heavy (non-hydrogen) atoms. The van der Waals surface area contributed by atoms with Crippen molar-refractivity contribution in [1.29, 1.82) is 0 Å². The van der Waals surface area contributed by atoms with Crippen molar-refractivity contribution in [3.8, 4) is 5.88 Å². The Labute approximate surface area is 96.7 Å². The highest BCUT2D eigenvalue weighted by atomic mass is 16.5. The zero-order chi connectivity index (χ0) is 11.7. The Morgan fingerprint density at radius 3 is 2.75 bits per heavy atom. The second-order valence-corrected chi connectivity index (χ2v) is 4.66. The van der Waals surface area contributed by atoms with Crippen LogP contribution in [0.25, 0.3) is 0 Å². The van der Waals surface area contributed by atoms with E-state index in [4.69, 9.17) is 4.74 Å². The Kier molecular flexibility index (Phi) is 3.10. The molecule has 4 nitrogen and oxygen atoms in total. The summed E-state index contributed by atoms with van der Waals surface area (Å²) in [5, 5.41) is 0. The first-order valence-electron chi connectivity index (χ1n) is 5.78. The van der Waals surface area contributed by atoms with Crippen molar-refractivity contribution in [2.24, 2.45) is 0 Å². The van der Waals surface area contributed by atoms with Crippen LogP contribution in [0, 0.1) is 6.92 Å². The SMILES string of the molecule is Cc1nc2c(c(OC(C)C)n1)CN(C)CC2. The fourth-order valence-corrected chi connectivity index (χ4v) is 1.96. The predicted octanol–water partition coefficient (Wildman–Crippen LogP) is 1.56. The maximum atomic E-state index is 5.76. The van der Waals surface area contributed by atoms with Gasteiger partial charge in [0.2, 0.25) is 5.88 Å². The first-order chi connectivity index (χ1) is 7.56. The van der Waals surface area contributed by atoms with Gasteiger partial charge in [-0.15, -0.1) is 0 Å². The Morgan fingerprint density at radius 2 is 2.06 bits per heavy atom. The molecule has 0 saturated carbocycles. The minimum Gasteiger partial charge on any atom is -0.475 e. The molecule has 88 valence electrons. The first-order valence-corrected chi connectivity index (χ1v) is 5.78. The smallest absolute Gasteiger partial charge is 0.221 e. The molecule has 0 aliphatic carbocycles. The second kappa shape index (κ2) is 4.37. The molecule has 1 aliphatic heterocycles. The van der Waals surface area contributed by atoms with Gasteiger partial charge in [-0.1, -0.05) is 0 Å². The van der Waals surface area contributed by atoms with Gasteiger partial charge in [-0.05, 0) is 27.8 Å². The number of likely N-dealkylation sites (N-methyl/N-ethyl adjacent to an activating group) is 1. The van der Waals surface area contributed by atoms with Gasteiger partial charge < -0.3 is 9.64 Å². The molecular formula is C12H19N3O. The molecule has 2 rings (SSSR count). The number of aromatic nitrogens is 2. The van der Waals surface area contributed by atoms with Crippen LogP contribution >= 0.6 is 0 Å². The van der Waals surface area contributed by atoms with Crippen LogP contribution in [-0.2, 0) is 13.0 Å². The number of nitrogens with zero attached hydrogens (tertiary/aromatic N) is 3. The Morgan fingerprint density at radius 1 is 1.31 bits per heavy atom. The molecule has 2 heterocycles. The molecule has 0 amide bonds. The summed E-state index contributed by atoms with van der Waals surface area (Å²) >= 11 is 0. The van der Waals surface area contributed by atoms with Gasteiger partial charge in [-0.2, -0.15) is 4.98 Å². The summed E-state index contributed by atoms with van der Waals surface area (Å²) in [5.74, 6) is 1.57. The molecule has 1 aromatic rings. The lowest BCUT2D eigenvalue weighted by Gasteiger charge is -2.26. The standard InChI is InChI=1S/C12H19N3O/c1-8(2)16-12-10-7-15(4)6-5-11(10)13-9(3)14-12/h8H,5-7H2,1-4H3. The maximum absolute atomic E-state index is 5.76. The summed E-state index contributed by atoms with van der Waals surface area (Å²) in [6.45, 7) is 7.92. The van der Waals surface area contributed by atoms with Crippen molar-refractivity contribution in [1.82, 2.24) is 14.9 Å². The topological polar surface area (TPSA) is 38.3 Å². The first kappa shape index (κ1) is 11.3. The van der Waals surface area contributed by atoms with Crippen LogP contribution in [-0.4, -0.2) is 34.6 Å². The molecule has 0 saturated heterocycles. The van der Waals surface area contributed by atoms with E-state index in [0.717, 1.165) is 42.5 Å². The van der Waals surface area contributed by atoms with E-state index in [1.807, 2.05) is 20.8 Å². The van der Waals surface area contributed by atoms with Gasteiger partial charge >= 0.3 is 0 Å². The van der Waals surface area contributed by atoms with Gasteiger partial charge in [-0.3, -0.25) is 0 Å². The van der Waals surface area contributed by atoms with Crippen molar-refractivity contribution < 1.29 is 4.74 Å². The largest absolute Gasteiger partial charge is 0.475 e. The average molecular weight is 221 g/mol. The summed E-state index contributed by atoms with van der Waals surface area (Å²) in [5.41, 5.74) is 2.31. The van der Waals surface area contributed by atoms with E-state index in [1.54, 1.807) is 0 Å². The van der Waals surface area contributed by atoms with Gasteiger partial charge in [0.1, 0.15) is 5.82 Å². The Balaban J connectivity index is 2.39. The fraction of sp³-hybridized carbons (Fsp3) is 0.667. The predicted molar refractivity (Wildman–Crippen MR) is 62.6 cm³/mol. The monoisotopic (exact) mass is 221 g/mol. The molecule has 0 unspecified atom stereocenters. The fourth-order valence-electron chi connectivity index (χ4n) is 1.96. The summed E-state index contributed by atoms with van der Waals surface area (Å²) in [6, 6.07) is 0. The minimum atomic E-state index is 0.158. The van der Waals surface area contributed by atoms with E-state index in [9.17, 15) is 0 Å². The van der Waals surface area contributed by atoms with E-state index < -0.39 is 0 Å². The molecule has 0 aromatic carbocycles. The van der Waals surface area contributed by atoms with Gasteiger partial charge in [-0.25, -0.2) is 4.98 Å². The highest BCUT2D eigenvalue weighted by molar-refractivity contribution is 5.33. The third-order valence-corrected chi connectivity index (χ3v) is 2.67. The van der Waals surface area contributed by atoms with E-state index in [-0.39, 0.29) is 6.10 Å². The van der Waals surface area contributed by atoms with Crippen LogP contribution in [0.5, 0.6) is 5.88 Å². The van der Waals surface area contributed by atoms with E-state index >= 15 is 0 Å². The Bertz CT molecular complexity index is 390. The highest BCUT2D eigenvalue weighted by Gasteiger charge is 2.21. The summed E-state index contributed by atoms with van der Waals surface area (Å²) in [6.07, 6.45) is 1.15. The van der Waals surface area contributed by atoms with E-state index in [1.165, 1.54) is 0 Å². The summed E-state index contributed by atoms with van der Waals surface area (Å²) in [4.78, 5) is 11.2. The van der Waals surface area contributed by atoms with Crippen molar-refractivity contribution in [3.05, 3.63) is 17.1 Å². The van der Waals surface area contributed by atoms with Crippen LogP contribution in [0.3, 0.4) is 0 Å². The molecule has 1 aromatic heterocycles. The van der Waals surface area contributed by atoms with Gasteiger partial charge in [0, 0.05) is 25.1 Å². The Hall–Kier alpha value is -1.16. The molecule has 0 radical (unpaired) electrons. The van der Waals surface area contributed by atoms with Crippen molar-refractivity contribution in [2.75, 3.05) is 13.6 Å². The van der Waals surface area contributed by atoms with Crippen molar-refractivity contribution >= 4 is 0 Å². The number of ether oxygens (including phenoxy) is 1. The molecule has 0 N–H and O–H groups in total. The quantitative estimate of drug-likeness (QED) is 0.759. The summed E-state index contributed by atoms with van der Waals surface area (Å²) in [7, 11) is 2.11. The lowest BCUT2D eigenvalue weighted by Crippen LogP contribution is -2.29. The maximum Gasteiger partial charge on any atom is 0.221 e. The number of fused-ring (bicyclic) bond motifs is 1. The average Bonchev–Trinajstić information content (AvgIpc) is 2.18. The van der Waals surface area contributed by atoms with Crippen molar-refractivity contribution in [3.63, 3.8) is 0 Å². The van der Waals surface area contributed by atoms with Crippen molar-refractivity contribution in [2.45, 2.75) is 39.8 Å². The molecule has 0 bridgehead atoms. The summed E-state index contributed by atoms with van der Waals surface area (Å²) < 4.78 is 5.76. The van der Waals surface area contributed by atoms with Gasteiger partial charge in [0.05, 0.1) is 11.8 Å². The van der Waals surface area contributed by atoms with E-state index in [0.29, 0.717) is 0 Å². The highest BCUT2D eigenvalue weighted by Crippen LogP contribution is 2.25. The third-order valence-electron chi connectivity index (χ3n) is 2.67. The van der Waals surface area contributed by atoms with Gasteiger partial charge in [0.25, 0.3) is 0 Å². The second-order valence-electron chi connectivity index (χ2n) is 4.66. The normalized spacial score (nSPS) is 16.3. The number of hydrogen-bond acceptors (Lipinski definition) is 4. The zero-order valence-corrected chi connectivity index (χ0v) is 10.4. The number of rotatable bonds is 2. The molecule has 4 heteroatoms. The minimum absolute atomic E-state index is 0.158. The number of aryl methyl sites for hydroxylation is 1. The third kappa shape index (κ3) is 2.32. The lowest BCUT2D eigenvalue weighted by molar-refractivity contribution is 0.218. The molecular weight excluding hydrogens is 202 g/mol. The van der Waals surface area contributed by atoms with Crippen LogP contribution in [0.15, 0.2) is 0 Å². The van der Waals surface area contributed by atoms with E-state index in [2.05, 4.69) is 21.9 Å².